The van der Waals surface area contributed by atoms with Gasteiger partial charge in [-0.05, 0) is 24.6 Å². The van der Waals surface area contributed by atoms with Gasteiger partial charge < -0.3 is 9.88 Å². The Kier molecular flexibility index (Phi) is 4.16. The molecule has 0 fully saturated rings. The zero-order valence-electron chi connectivity index (χ0n) is 12.7. The molecule has 1 N–H and O–H groups in total. The number of nitrogens with one attached hydrogen (secondary N) is 1. The van der Waals surface area contributed by atoms with Crippen molar-refractivity contribution in [2.24, 2.45) is 0 Å². The Hall–Kier alpha value is -1.88. The van der Waals surface area contributed by atoms with Crippen LogP contribution in [0.15, 0.2) is 24.3 Å². The first-order valence-electron chi connectivity index (χ1n) is 7.53. The minimum absolute atomic E-state index is 0.0879. The van der Waals surface area contributed by atoms with Crippen molar-refractivity contribution in [2.75, 3.05) is 0 Å². The number of hydrogen-bond donors (Lipinski definition) is 1. The largest absolute Gasteiger partial charge is 0.347 e. The molecule has 22 heavy (non-hydrogen) atoms. The van der Waals surface area contributed by atoms with Crippen LogP contribution in [0.3, 0.4) is 0 Å². The van der Waals surface area contributed by atoms with E-state index in [0.717, 1.165) is 31.0 Å². The van der Waals surface area contributed by atoms with E-state index in [0.29, 0.717) is 16.5 Å². The third-order valence-electron chi connectivity index (χ3n) is 3.91. The highest BCUT2D eigenvalue weighted by atomic mass is 35.5. The third kappa shape index (κ3) is 2.99. The second-order valence-corrected chi connectivity index (χ2v) is 6.40. The Bertz CT molecular complexity index is 695. The molecule has 0 spiro atoms. The molecule has 3 rings (SSSR count). The fourth-order valence-electron chi connectivity index (χ4n) is 2.79. The summed E-state index contributed by atoms with van der Waals surface area (Å²) in [5.74, 6) is 2.23. The van der Waals surface area contributed by atoms with E-state index in [9.17, 15) is 4.79 Å². The van der Waals surface area contributed by atoms with E-state index < -0.39 is 0 Å². The number of carbonyl (C=O) groups is 1. The zero-order chi connectivity index (χ0) is 15.7. The number of rotatable bonds is 3. The molecule has 0 bridgehead atoms. The van der Waals surface area contributed by atoms with E-state index in [4.69, 9.17) is 11.6 Å². The average molecular weight is 319 g/mol. The van der Waals surface area contributed by atoms with Crippen LogP contribution in [0.25, 0.3) is 0 Å². The lowest BCUT2D eigenvalue weighted by Crippen LogP contribution is -2.41. The molecule has 1 aliphatic heterocycles. The van der Waals surface area contributed by atoms with Gasteiger partial charge in [0.15, 0.2) is 0 Å². The molecule has 5 nitrogen and oxygen atoms in total. The molecule has 1 atom stereocenters. The number of amides is 1. The maximum atomic E-state index is 12.3. The summed E-state index contributed by atoms with van der Waals surface area (Å²) in [6.07, 6.45) is 1.71. The van der Waals surface area contributed by atoms with Crippen LogP contribution in [0.1, 0.15) is 48.2 Å². The van der Waals surface area contributed by atoms with Crippen LogP contribution in [0.5, 0.6) is 0 Å². The lowest BCUT2D eigenvalue weighted by Gasteiger charge is -2.26. The van der Waals surface area contributed by atoms with E-state index >= 15 is 0 Å². The van der Waals surface area contributed by atoms with Crippen LogP contribution < -0.4 is 5.32 Å². The SMILES string of the molecule is CC(C)c1nnc2n1C[C@H](NC(=O)c1cccc(Cl)c1)CC2. The van der Waals surface area contributed by atoms with E-state index in [-0.39, 0.29) is 11.9 Å². The highest BCUT2D eigenvalue weighted by Gasteiger charge is 2.25. The van der Waals surface area contributed by atoms with Crippen molar-refractivity contribution in [1.82, 2.24) is 20.1 Å². The normalized spacial score (nSPS) is 17.4. The molecule has 6 heteroatoms. The van der Waals surface area contributed by atoms with Crippen molar-refractivity contribution in [3.63, 3.8) is 0 Å². The summed E-state index contributed by atoms with van der Waals surface area (Å²) in [5.41, 5.74) is 0.589. The number of benzene rings is 1. The third-order valence-corrected chi connectivity index (χ3v) is 4.15. The van der Waals surface area contributed by atoms with Gasteiger partial charge in [-0.3, -0.25) is 4.79 Å². The Morgan fingerprint density at radius 1 is 1.41 bits per heavy atom. The topological polar surface area (TPSA) is 59.8 Å². The van der Waals surface area contributed by atoms with E-state index in [2.05, 4.69) is 33.9 Å². The van der Waals surface area contributed by atoms with Crippen molar-refractivity contribution >= 4 is 17.5 Å². The summed E-state index contributed by atoms with van der Waals surface area (Å²) in [5, 5.41) is 12.2. The fraction of sp³-hybridized carbons (Fsp3) is 0.438. The number of aryl methyl sites for hydroxylation is 1. The summed E-state index contributed by atoms with van der Waals surface area (Å²) < 4.78 is 2.14. The van der Waals surface area contributed by atoms with Gasteiger partial charge in [0.1, 0.15) is 11.6 Å². The van der Waals surface area contributed by atoms with Crippen molar-refractivity contribution in [2.45, 2.75) is 45.2 Å². The quantitative estimate of drug-likeness (QED) is 0.946. The predicted octanol–water partition coefficient (Wildman–Crippen LogP) is 2.80. The highest BCUT2D eigenvalue weighted by molar-refractivity contribution is 6.30. The van der Waals surface area contributed by atoms with Gasteiger partial charge in [0.25, 0.3) is 5.91 Å². The lowest BCUT2D eigenvalue weighted by molar-refractivity contribution is 0.0927. The highest BCUT2D eigenvalue weighted by Crippen LogP contribution is 2.20. The average Bonchev–Trinajstić information content (AvgIpc) is 2.90. The molecule has 116 valence electrons. The Morgan fingerprint density at radius 3 is 2.95 bits per heavy atom. The van der Waals surface area contributed by atoms with E-state index in [1.165, 1.54) is 0 Å². The zero-order valence-corrected chi connectivity index (χ0v) is 13.5. The van der Waals surface area contributed by atoms with Gasteiger partial charge in [0.05, 0.1) is 0 Å². The maximum absolute atomic E-state index is 12.3. The first-order chi connectivity index (χ1) is 10.5. The number of carbonyl (C=O) groups excluding carboxylic acids is 1. The number of hydrogen-bond acceptors (Lipinski definition) is 3. The van der Waals surface area contributed by atoms with Gasteiger partial charge in [0.2, 0.25) is 0 Å². The second-order valence-electron chi connectivity index (χ2n) is 5.96. The Balaban J connectivity index is 1.72. The van der Waals surface area contributed by atoms with Gasteiger partial charge in [0, 0.05) is 35.5 Å². The van der Waals surface area contributed by atoms with Crippen LogP contribution in [-0.2, 0) is 13.0 Å². The van der Waals surface area contributed by atoms with E-state index in [1.54, 1.807) is 24.3 Å². The summed E-state index contributed by atoms with van der Waals surface area (Å²) in [6, 6.07) is 7.09. The van der Waals surface area contributed by atoms with Gasteiger partial charge >= 0.3 is 0 Å². The van der Waals surface area contributed by atoms with Crippen molar-refractivity contribution in [3.8, 4) is 0 Å². The molecular formula is C16H19ClN4O. The molecule has 1 aromatic heterocycles. The molecular weight excluding hydrogens is 300 g/mol. The molecule has 0 radical (unpaired) electrons. The van der Waals surface area contributed by atoms with Gasteiger partial charge in [-0.2, -0.15) is 0 Å². The first kappa shape index (κ1) is 15.0. The standard InChI is InChI=1S/C16H19ClN4O/c1-10(2)15-20-19-14-7-6-13(9-21(14)15)18-16(22)11-4-3-5-12(17)8-11/h3-5,8,10,13H,6-7,9H2,1-2H3,(H,18,22)/t13-/m1/s1. The number of halogens is 1. The number of fused-ring (bicyclic) bond motifs is 1. The molecule has 2 aromatic rings. The monoisotopic (exact) mass is 318 g/mol. The maximum Gasteiger partial charge on any atom is 0.251 e. The van der Waals surface area contributed by atoms with Crippen LogP contribution in [0.4, 0.5) is 0 Å². The summed E-state index contributed by atoms with van der Waals surface area (Å²) in [6.45, 7) is 4.93. The summed E-state index contributed by atoms with van der Waals surface area (Å²) in [7, 11) is 0. The van der Waals surface area contributed by atoms with Crippen LogP contribution in [-0.4, -0.2) is 26.7 Å². The molecule has 0 unspecified atom stereocenters. The molecule has 1 amide bonds. The Labute approximate surface area is 134 Å². The minimum Gasteiger partial charge on any atom is -0.347 e. The number of aromatic nitrogens is 3. The van der Waals surface area contributed by atoms with Crippen molar-refractivity contribution in [1.29, 1.82) is 0 Å². The van der Waals surface area contributed by atoms with Gasteiger partial charge in [-0.1, -0.05) is 31.5 Å². The predicted molar refractivity (Wildman–Crippen MR) is 85.1 cm³/mol. The molecule has 1 aliphatic rings. The summed E-state index contributed by atoms with van der Waals surface area (Å²) >= 11 is 5.94. The molecule has 0 saturated carbocycles. The van der Waals surface area contributed by atoms with Crippen LogP contribution >= 0.6 is 11.6 Å². The molecule has 0 aliphatic carbocycles. The molecule has 1 aromatic carbocycles. The molecule has 2 heterocycles. The minimum atomic E-state index is -0.0879. The second kappa shape index (κ2) is 6.08. The van der Waals surface area contributed by atoms with E-state index in [1.807, 2.05) is 0 Å². The molecule has 0 saturated heterocycles. The van der Waals surface area contributed by atoms with Crippen molar-refractivity contribution < 1.29 is 4.79 Å². The number of nitrogens with zero attached hydrogens (tertiary/aromatic N) is 3. The first-order valence-corrected chi connectivity index (χ1v) is 7.91. The smallest absolute Gasteiger partial charge is 0.251 e. The van der Waals surface area contributed by atoms with Gasteiger partial charge in [-0.25, -0.2) is 0 Å². The fourth-order valence-corrected chi connectivity index (χ4v) is 2.98. The Morgan fingerprint density at radius 2 is 2.23 bits per heavy atom. The lowest BCUT2D eigenvalue weighted by atomic mass is 10.1. The van der Waals surface area contributed by atoms with Gasteiger partial charge in [-0.15, -0.1) is 10.2 Å². The summed E-state index contributed by atoms with van der Waals surface area (Å²) in [4.78, 5) is 12.3. The van der Waals surface area contributed by atoms with Crippen LogP contribution in [0.2, 0.25) is 5.02 Å². The van der Waals surface area contributed by atoms with Crippen LogP contribution in [0, 0.1) is 0 Å². The van der Waals surface area contributed by atoms with Crippen molar-refractivity contribution in [3.05, 3.63) is 46.5 Å².